The average molecular weight is 455 g/mol. The molecule has 2 amide bonds. The molecule has 8 nitrogen and oxygen atoms in total. The molecule has 2 aromatic carbocycles. The first kappa shape index (κ1) is 21.8. The van der Waals surface area contributed by atoms with Crippen LogP contribution in [-0.2, 0) is 9.53 Å². The molecule has 166 valence electrons. The van der Waals surface area contributed by atoms with Crippen molar-refractivity contribution in [1.82, 2.24) is 10.1 Å². The predicted molar refractivity (Wildman–Crippen MR) is 121 cm³/mol. The molecule has 4 rings (SSSR count). The second kappa shape index (κ2) is 9.82. The minimum atomic E-state index is -0.371. The third-order valence-electron chi connectivity index (χ3n) is 5.54. The number of esters is 1. The Bertz CT molecular complexity index is 1090. The van der Waals surface area contributed by atoms with Crippen LogP contribution in [0.1, 0.15) is 37.5 Å². The van der Waals surface area contributed by atoms with Crippen molar-refractivity contribution in [3.05, 3.63) is 59.4 Å². The monoisotopic (exact) mass is 454 g/mol. The fourth-order valence-electron chi connectivity index (χ4n) is 3.82. The Balaban J connectivity index is 1.34. The number of aromatic nitrogens is 2. The lowest BCUT2D eigenvalue weighted by molar-refractivity contribution is -0.146. The largest absolute Gasteiger partial charge is 0.469 e. The molecule has 1 aliphatic rings. The van der Waals surface area contributed by atoms with Gasteiger partial charge in [-0.05, 0) is 68.1 Å². The van der Waals surface area contributed by atoms with Crippen LogP contribution in [-0.4, -0.2) is 29.3 Å². The summed E-state index contributed by atoms with van der Waals surface area (Å²) < 4.78 is 10.3. The van der Waals surface area contributed by atoms with E-state index in [1.54, 1.807) is 36.4 Å². The fourth-order valence-corrected chi connectivity index (χ4v) is 4.01. The van der Waals surface area contributed by atoms with E-state index in [1.807, 2.05) is 12.1 Å². The van der Waals surface area contributed by atoms with E-state index >= 15 is 0 Å². The van der Waals surface area contributed by atoms with E-state index in [2.05, 4.69) is 20.8 Å². The van der Waals surface area contributed by atoms with Crippen molar-refractivity contribution in [3.63, 3.8) is 0 Å². The summed E-state index contributed by atoms with van der Waals surface area (Å²) in [4.78, 5) is 28.4. The molecule has 1 saturated carbocycles. The van der Waals surface area contributed by atoms with E-state index in [0.29, 0.717) is 28.1 Å². The molecule has 1 aromatic heterocycles. The van der Waals surface area contributed by atoms with Gasteiger partial charge in [0.2, 0.25) is 11.7 Å². The number of halogens is 1. The van der Waals surface area contributed by atoms with Crippen LogP contribution in [0.25, 0.3) is 11.4 Å². The minimum Gasteiger partial charge on any atom is -0.469 e. The van der Waals surface area contributed by atoms with Crippen molar-refractivity contribution in [3.8, 4) is 11.4 Å². The molecule has 0 aliphatic heterocycles. The normalized spacial score (nSPS) is 18.1. The molecular weight excluding hydrogens is 432 g/mol. The van der Waals surface area contributed by atoms with Crippen molar-refractivity contribution < 1.29 is 18.8 Å². The number of hydrogen-bond donors (Lipinski definition) is 2. The van der Waals surface area contributed by atoms with Crippen LogP contribution >= 0.6 is 11.6 Å². The highest BCUT2D eigenvalue weighted by Gasteiger charge is 2.30. The number of anilines is 2. The number of carbonyl (C=O) groups is 2. The van der Waals surface area contributed by atoms with Gasteiger partial charge in [-0.15, -0.1) is 0 Å². The van der Waals surface area contributed by atoms with Gasteiger partial charge in [-0.25, -0.2) is 4.79 Å². The number of hydrogen-bond acceptors (Lipinski definition) is 6. The molecule has 1 aliphatic carbocycles. The number of nitrogens with zero attached hydrogens (tertiary/aromatic N) is 2. The van der Waals surface area contributed by atoms with Gasteiger partial charge in [0.25, 0.3) is 0 Å². The number of methoxy groups -OCH3 is 1. The van der Waals surface area contributed by atoms with Crippen molar-refractivity contribution in [1.29, 1.82) is 0 Å². The molecule has 3 aromatic rings. The third-order valence-corrected chi connectivity index (χ3v) is 5.77. The molecule has 1 heterocycles. The zero-order valence-electron chi connectivity index (χ0n) is 17.5. The molecule has 9 heteroatoms. The third kappa shape index (κ3) is 5.26. The number of nitrogens with one attached hydrogen (secondary N) is 2. The van der Waals surface area contributed by atoms with Crippen LogP contribution < -0.4 is 10.6 Å². The van der Waals surface area contributed by atoms with E-state index in [1.165, 1.54) is 7.11 Å². The van der Waals surface area contributed by atoms with E-state index in [-0.39, 0.29) is 23.8 Å². The summed E-state index contributed by atoms with van der Waals surface area (Å²) in [5, 5.41) is 10.1. The predicted octanol–water partition coefficient (Wildman–Crippen LogP) is 5.48. The maximum absolute atomic E-state index is 12.2. The second-order valence-electron chi connectivity index (χ2n) is 7.69. The molecule has 2 N–H and O–H groups in total. The van der Waals surface area contributed by atoms with E-state index in [0.717, 1.165) is 31.2 Å². The van der Waals surface area contributed by atoms with Crippen molar-refractivity contribution >= 4 is 35.0 Å². The van der Waals surface area contributed by atoms with E-state index in [9.17, 15) is 9.59 Å². The van der Waals surface area contributed by atoms with Crippen LogP contribution in [0.15, 0.2) is 53.1 Å². The summed E-state index contributed by atoms with van der Waals surface area (Å²) in [5.74, 6) is 1.03. The van der Waals surface area contributed by atoms with Gasteiger partial charge in [-0.2, -0.15) is 4.98 Å². The summed E-state index contributed by atoms with van der Waals surface area (Å²) in [6, 6.07) is 13.7. The molecular formula is C23H23ClN4O4. The van der Waals surface area contributed by atoms with Gasteiger partial charge in [0, 0.05) is 27.9 Å². The van der Waals surface area contributed by atoms with Crippen LogP contribution in [0.5, 0.6) is 0 Å². The van der Waals surface area contributed by atoms with E-state index in [4.69, 9.17) is 20.9 Å². The van der Waals surface area contributed by atoms with E-state index < -0.39 is 0 Å². The molecule has 0 atom stereocenters. The first-order valence-corrected chi connectivity index (χ1v) is 10.7. The number of carbonyl (C=O) groups excluding carboxylic acids is 2. The Morgan fingerprint density at radius 3 is 2.44 bits per heavy atom. The molecule has 0 saturated heterocycles. The first-order valence-electron chi connectivity index (χ1n) is 10.4. The van der Waals surface area contributed by atoms with Gasteiger partial charge >= 0.3 is 12.0 Å². The average Bonchev–Trinajstić information content (AvgIpc) is 3.29. The smallest absolute Gasteiger partial charge is 0.323 e. The zero-order chi connectivity index (χ0) is 22.5. The summed E-state index contributed by atoms with van der Waals surface area (Å²) in [6.45, 7) is 0. The SMILES string of the molecule is COC(=O)C1CCC(c2nc(-c3ccc(NC(=O)Nc4cccc(Cl)c4)cc3)no2)CC1. The van der Waals surface area contributed by atoms with Gasteiger partial charge < -0.3 is 19.9 Å². The van der Waals surface area contributed by atoms with Crippen LogP contribution in [0.4, 0.5) is 16.2 Å². The Morgan fingerprint density at radius 1 is 1.03 bits per heavy atom. The maximum atomic E-state index is 12.2. The number of amides is 2. The molecule has 0 spiro atoms. The number of rotatable bonds is 5. The lowest BCUT2D eigenvalue weighted by Gasteiger charge is -2.24. The molecule has 1 fully saturated rings. The second-order valence-corrected chi connectivity index (χ2v) is 8.13. The Kier molecular flexibility index (Phi) is 6.70. The standard InChI is InChI=1S/C23H23ClN4O4/c1-31-22(29)16-7-5-15(6-8-16)21-27-20(28-32-21)14-9-11-18(12-10-14)25-23(30)26-19-4-2-3-17(24)13-19/h2-4,9-13,15-16H,5-8H2,1H3,(H2,25,26,30). The Morgan fingerprint density at radius 2 is 1.75 bits per heavy atom. The van der Waals surface area contributed by atoms with Gasteiger partial charge in [-0.1, -0.05) is 22.8 Å². The molecule has 32 heavy (non-hydrogen) atoms. The zero-order valence-corrected chi connectivity index (χ0v) is 18.3. The van der Waals surface area contributed by atoms with Gasteiger partial charge in [0.1, 0.15) is 0 Å². The summed E-state index contributed by atoms with van der Waals surface area (Å²) in [7, 11) is 1.42. The van der Waals surface area contributed by atoms with Crippen LogP contribution in [0, 0.1) is 5.92 Å². The summed E-state index contributed by atoms with van der Waals surface area (Å²) >= 11 is 5.93. The van der Waals surface area contributed by atoms with Gasteiger partial charge in [-0.3, -0.25) is 4.79 Å². The highest BCUT2D eigenvalue weighted by atomic mass is 35.5. The lowest BCUT2D eigenvalue weighted by Crippen LogP contribution is -2.22. The molecule has 0 radical (unpaired) electrons. The number of benzene rings is 2. The Labute approximate surface area is 190 Å². The highest BCUT2D eigenvalue weighted by Crippen LogP contribution is 2.36. The van der Waals surface area contributed by atoms with Crippen LogP contribution in [0.3, 0.4) is 0 Å². The number of urea groups is 1. The fraction of sp³-hybridized carbons (Fsp3) is 0.304. The highest BCUT2D eigenvalue weighted by molar-refractivity contribution is 6.30. The van der Waals surface area contributed by atoms with Crippen molar-refractivity contribution in [2.75, 3.05) is 17.7 Å². The van der Waals surface area contributed by atoms with Crippen molar-refractivity contribution in [2.24, 2.45) is 5.92 Å². The summed E-state index contributed by atoms with van der Waals surface area (Å²) in [5.41, 5.74) is 2.01. The molecule has 0 unspecified atom stereocenters. The van der Waals surface area contributed by atoms with Crippen molar-refractivity contribution in [2.45, 2.75) is 31.6 Å². The Hall–Kier alpha value is -3.39. The van der Waals surface area contributed by atoms with Gasteiger partial charge in [0.05, 0.1) is 13.0 Å². The molecule has 0 bridgehead atoms. The minimum absolute atomic E-state index is 0.0465. The topological polar surface area (TPSA) is 106 Å². The number of ether oxygens (including phenoxy) is 1. The van der Waals surface area contributed by atoms with Crippen LogP contribution in [0.2, 0.25) is 5.02 Å². The van der Waals surface area contributed by atoms with Gasteiger partial charge in [0.15, 0.2) is 0 Å². The lowest BCUT2D eigenvalue weighted by atomic mass is 9.82. The quantitative estimate of drug-likeness (QED) is 0.494. The summed E-state index contributed by atoms with van der Waals surface area (Å²) in [6.07, 6.45) is 3.14. The maximum Gasteiger partial charge on any atom is 0.323 e. The first-order chi connectivity index (χ1) is 15.5.